The van der Waals surface area contributed by atoms with Crippen molar-refractivity contribution in [1.82, 2.24) is 0 Å². The lowest BCUT2D eigenvalue weighted by Crippen LogP contribution is -2.62. The number of aromatic nitrogens is 1. The molecule has 1 aromatic heterocycles. The first-order chi connectivity index (χ1) is 12.2. The van der Waals surface area contributed by atoms with E-state index < -0.39 is 0 Å². The van der Waals surface area contributed by atoms with Crippen LogP contribution < -0.4 is 4.57 Å². The number of hydrogen-bond donors (Lipinski definition) is 0. The first kappa shape index (κ1) is 18.2. The zero-order valence-electron chi connectivity index (χ0n) is 16.5. The minimum absolute atomic E-state index is 0.210. The lowest BCUT2D eigenvalue weighted by Gasteiger charge is -2.39. The molecule has 1 aromatic carbocycles. The lowest BCUT2D eigenvalue weighted by molar-refractivity contribution is -0.762. The van der Waals surface area contributed by atoms with Crippen LogP contribution in [0.4, 0.5) is 0 Å². The van der Waals surface area contributed by atoms with E-state index in [0.717, 1.165) is 0 Å². The van der Waals surface area contributed by atoms with Crippen molar-refractivity contribution in [2.45, 2.75) is 84.1 Å². The molecule has 0 amide bonds. The van der Waals surface area contributed by atoms with Gasteiger partial charge in [-0.15, -0.1) is 0 Å². The quantitative estimate of drug-likeness (QED) is 0.407. The van der Waals surface area contributed by atoms with Gasteiger partial charge in [0.15, 0.2) is 11.7 Å². The van der Waals surface area contributed by atoms with Gasteiger partial charge in [0.2, 0.25) is 5.69 Å². The highest BCUT2D eigenvalue weighted by atomic mass is 15.1. The van der Waals surface area contributed by atoms with Crippen LogP contribution in [-0.2, 0) is 12.0 Å². The Kier molecular flexibility index (Phi) is 5.61. The monoisotopic (exact) mass is 336 g/mol. The van der Waals surface area contributed by atoms with E-state index in [9.17, 15) is 0 Å². The third kappa shape index (κ3) is 3.03. The summed E-state index contributed by atoms with van der Waals surface area (Å²) in [7, 11) is 0. The normalized spacial score (nSPS) is 17.8. The molecule has 0 saturated heterocycles. The Hall–Kier alpha value is -1.63. The number of fused-ring (bicyclic) bond motifs is 3. The average molecular weight is 337 g/mol. The fourth-order valence-corrected chi connectivity index (χ4v) is 5.06. The maximum absolute atomic E-state index is 2.60. The number of rotatable bonds is 7. The summed E-state index contributed by atoms with van der Waals surface area (Å²) in [5.74, 6) is 0.599. The van der Waals surface area contributed by atoms with Crippen LogP contribution in [0.5, 0.6) is 0 Å². The molecule has 0 radical (unpaired) electrons. The second kappa shape index (κ2) is 7.72. The van der Waals surface area contributed by atoms with E-state index in [0.29, 0.717) is 5.92 Å². The van der Waals surface area contributed by atoms with E-state index in [2.05, 4.69) is 74.9 Å². The van der Waals surface area contributed by atoms with E-state index in [1.807, 2.05) is 0 Å². The predicted octanol–water partition coefficient (Wildman–Crippen LogP) is 6.40. The van der Waals surface area contributed by atoms with Gasteiger partial charge >= 0.3 is 0 Å². The van der Waals surface area contributed by atoms with Gasteiger partial charge < -0.3 is 0 Å². The van der Waals surface area contributed by atoms with Crippen LogP contribution in [0.1, 0.15) is 83.3 Å². The molecule has 1 aliphatic rings. The number of unbranched alkanes of at least 4 members (excludes halogenated alkanes) is 2. The molecule has 0 saturated carbocycles. The molecular weight excluding hydrogens is 302 g/mol. The largest absolute Gasteiger partial charge is 0.213 e. The Morgan fingerprint density at radius 1 is 0.960 bits per heavy atom. The lowest BCUT2D eigenvalue weighted by atomic mass is 9.69. The second-order valence-corrected chi connectivity index (χ2v) is 7.61. The summed E-state index contributed by atoms with van der Waals surface area (Å²) in [5, 5.41) is 0. The van der Waals surface area contributed by atoms with Gasteiger partial charge in [-0.1, -0.05) is 52.7 Å². The summed E-state index contributed by atoms with van der Waals surface area (Å²) in [6.07, 6.45) is 11.0. The molecule has 1 nitrogen and oxygen atoms in total. The Labute approximate surface area is 154 Å². The van der Waals surface area contributed by atoms with Gasteiger partial charge in [-0.2, -0.15) is 4.57 Å². The van der Waals surface area contributed by atoms with Gasteiger partial charge in [-0.05, 0) is 42.5 Å². The Balaban J connectivity index is 2.13. The van der Waals surface area contributed by atoms with Crippen molar-refractivity contribution in [3.05, 3.63) is 53.7 Å². The van der Waals surface area contributed by atoms with Crippen LogP contribution in [-0.4, -0.2) is 0 Å². The van der Waals surface area contributed by atoms with E-state index >= 15 is 0 Å². The molecule has 0 aliphatic carbocycles. The average Bonchev–Trinajstić information content (AvgIpc) is 2.67. The maximum Gasteiger partial charge on any atom is 0.213 e. The molecule has 0 spiro atoms. The van der Waals surface area contributed by atoms with Gasteiger partial charge in [-0.3, -0.25) is 0 Å². The van der Waals surface area contributed by atoms with Gasteiger partial charge in [-0.25, -0.2) is 0 Å². The molecule has 2 heterocycles. The molecule has 0 fully saturated rings. The van der Waals surface area contributed by atoms with E-state index in [-0.39, 0.29) is 5.54 Å². The van der Waals surface area contributed by atoms with Gasteiger partial charge in [0, 0.05) is 30.9 Å². The van der Waals surface area contributed by atoms with Crippen molar-refractivity contribution < 1.29 is 4.57 Å². The van der Waals surface area contributed by atoms with Crippen molar-refractivity contribution in [1.29, 1.82) is 0 Å². The number of pyridine rings is 1. The van der Waals surface area contributed by atoms with Gasteiger partial charge in [0.25, 0.3) is 0 Å². The smallest absolute Gasteiger partial charge is 0.192 e. The van der Waals surface area contributed by atoms with Gasteiger partial charge in [0.05, 0.1) is 5.56 Å². The molecule has 1 atom stereocenters. The minimum Gasteiger partial charge on any atom is -0.192 e. The molecule has 2 aromatic rings. The number of benzene rings is 1. The molecule has 1 unspecified atom stereocenters. The maximum atomic E-state index is 2.60. The number of nitrogens with zero attached hydrogens (tertiary/aromatic N) is 1. The zero-order valence-corrected chi connectivity index (χ0v) is 16.5. The van der Waals surface area contributed by atoms with Crippen molar-refractivity contribution in [3.63, 3.8) is 0 Å². The summed E-state index contributed by atoms with van der Waals surface area (Å²) in [6.45, 7) is 9.36. The topological polar surface area (TPSA) is 3.88 Å². The molecule has 25 heavy (non-hydrogen) atoms. The Bertz CT molecular complexity index is 712. The molecule has 1 heteroatoms. The fourth-order valence-electron chi connectivity index (χ4n) is 5.06. The fraction of sp³-hybridized carbons (Fsp3) is 0.542. The molecule has 0 bridgehead atoms. The van der Waals surface area contributed by atoms with Crippen LogP contribution in [0.2, 0.25) is 0 Å². The molecule has 3 rings (SSSR count). The third-order valence-corrected chi connectivity index (χ3v) is 6.46. The van der Waals surface area contributed by atoms with E-state index in [1.165, 1.54) is 61.8 Å². The van der Waals surface area contributed by atoms with Crippen molar-refractivity contribution >= 4 is 0 Å². The third-order valence-electron chi connectivity index (χ3n) is 6.46. The highest BCUT2D eigenvalue weighted by Crippen LogP contribution is 2.46. The summed E-state index contributed by atoms with van der Waals surface area (Å²) < 4.78 is 2.60. The van der Waals surface area contributed by atoms with Gasteiger partial charge in [0.1, 0.15) is 0 Å². The van der Waals surface area contributed by atoms with Crippen LogP contribution >= 0.6 is 0 Å². The van der Waals surface area contributed by atoms with Crippen molar-refractivity contribution in [2.24, 2.45) is 0 Å². The highest BCUT2D eigenvalue weighted by molar-refractivity contribution is 5.65. The van der Waals surface area contributed by atoms with Crippen molar-refractivity contribution in [3.8, 4) is 11.3 Å². The summed E-state index contributed by atoms with van der Waals surface area (Å²) in [6, 6.07) is 14.0. The Morgan fingerprint density at radius 3 is 2.44 bits per heavy atom. The van der Waals surface area contributed by atoms with E-state index in [1.54, 1.807) is 5.56 Å². The van der Waals surface area contributed by atoms with Crippen LogP contribution in [0.3, 0.4) is 0 Å². The molecular formula is C24H34N+. The van der Waals surface area contributed by atoms with Crippen LogP contribution in [0.25, 0.3) is 11.3 Å². The molecule has 134 valence electrons. The number of aryl methyl sites for hydroxylation is 1. The summed E-state index contributed by atoms with van der Waals surface area (Å²) in [5.41, 5.74) is 6.15. The number of hydrogen-bond acceptors (Lipinski definition) is 0. The van der Waals surface area contributed by atoms with Crippen LogP contribution in [0.15, 0.2) is 42.6 Å². The molecule has 1 aliphatic heterocycles. The first-order valence-corrected chi connectivity index (χ1v) is 10.4. The van der Waals surface area contributed by atoms with E-state index in [4.69, 9.17) is 0 Å². The predicted molar refractivity (Wildman–Crippen MR) is 107 cm³/mol. The zero-order chi connectivity index (χ0) is 17.9. The van der Waals surface area contributed by atoms with Crippen molar-refractivity contribution in [2.75, 3.05) is 0 Å². The first-order valence-electron chi connectivity index (χ1n) is 10.4. The Morgan fingerprint density at radius 2 is 1.76 bits per heavy atom. The second-order valence-electron chi connectivity index (χ2n) is 7.61. The highest BCUT2D eigenvalue weighted by Gasteiger charge is 2.50. The summed E-state index contributed by atoms with van der Waals surface area (Å²) >= 11 is 0. The molecule has 0 N–H and O–H groups in total. The van der Waals surface area contributed by atoms with Crippen LogP contribution in [0, 0.1) is 0 Å². The minimum atomic E-state index is 0.210. The summed E-state index contributed by atoms with van der Waals surface area (Å²) in [4.78, 5) is 0. The SMILES string of the molecule is CCCCCc1ccc2c(c1)-c1cccc[n+]1C(CC)(CC)C2CC. The standard InChI is InChI=1S/C24H34N/c1-5-9-10-13-19-15-16-20-21(18-19)23-14-11-12-17-25(23)24(7-3,8-4)22(20)6-2/h11-12,14-18,22H,5-10,13H2,1-4H3/q+1.